The summed E-state index contributed by atoms with van der Waals surface area (Å²) in [6, 6.07) is 4.27. The van der Waals surface area contributed by atoms with Gasteiger partial charge < -0.3 is 5.32 Å². The highest BCUT2D eigenvalue weighted by atomic mass is 32.1. The van der Waals surface area contributed by atoms with Crippen LogP contribution in [0.4, 0.5) is 0 Å². The molecule has 2 aromatic rings. The minimum atomic E-state index is 0.797. The first kappa shape index (κ1) is 12.3. The maximum atomic E-state index is 4.26. The second-order valence-corrected chi connectivity index (χ2v) is 4.94. The van der Waals surface area contributed by atoms with Gasteiger partial charge in [-0.2, -0.15) is 5.10 Å². The number of rotatable bonds is 7. The van der Waals surface area contributed by atoms with Crippen molar-refractivity contribution in [1.82, 2.24) is 20.1 Å². The molecule has 0 saturated carbocycles. The summed E-state index contributed by atoms with van der Waals surface area (Å²) in [4.78, 5) is 5.68. The van der Waals surface area contributed by atoms with Crippen molar-refractivity contribution < 1.29 is 0 Å². The van der Waals surface area contributed by atoms with Crippen LogP contribution in [0.15, 0.2) is 23.8 Å². The summed E-state index contributed by atoms with van der Waals surface area (Å²) < 4.78 is 1.97. The molecule has 2 aromatic heterocycles. The van der Waals surface area contributed by atoms with E-state index >= 15 is 0 Å². The third-order valence-corrected chi connectivity index (χ3v) is 3.48. The third-order valence-electron chi connectivity index (χ3n) is 2.54. The number of hydrogen-bond donors (Lipinski definition) is 1. The summed E-state index contributed by atoms with van der Waals surface area (Å²) in [5, 5.41) is 9.73. The number of thiophene rings is 1. The van der Waals surface area contributed by atoms with Crippen molar-refractivity contribution in [3.8, 4) is 0 Å². The second kappa shape index (κ2) is 6.51. The topological polar surface area (TPSA) is 42.7 Å². The number of hydrogen-bond acceptors (Lipinski definition) is 4. The van der Waals surface area contributed by atoms with Gasteiger partial charge in [-0.05, 0) is 24.3 Å². The Bertz CT molecular complexity index is 421. The van der Waals surface area contributed by atoms with E-state index in [2.05, 4.69) is 39.8 Å². The van der Waals surface area contributed by atoms with Crippen molar-refractivity contribution in [2.75, 3.05) is 6.54 Å². The van der Waals surface area contributed by atoms with Gasteiger partial charge in [-0.25, -0.2) is 9.67 Å². The maximum Gasteiger partial charge on any atom is 0.140 e. The molecule has 0 radical (unpaired) electrons. The zero-order valence-corrected chi connectivity index (χ0v) is 10.9. The largest absolute Gasteiger partial charge is 0.309 e. The van der Waals surface area contributed by atoms with E-state index < -0.39 is 0 Å². The van der Waals surface area contributed by atoms with Gasteiger partial charge in [0.2, 0.25) is 0 Å². The lowest BCUT2D eigenvalue weighted by Crippen LogP contribution is -2.19. The highest BCUT2D eigenvalue weighted by Crippen LogP contribution is 2.08. The molecule has 92 valence electrons. The highest BCUT2D eigenvalue weighted by molar-refractivity contribution is 7.09. The molecule has 4 nitrogen and oxygen atoms in total. The SMILES string of the molecule is CCCn1ncnc1CNCCc1cccs1. The molecule has 2 heterocycles. The van der Waals surface area contributed by atoms with Crippen LogP contribution in [-0.4, -0.2) is 21.3 Å². The van der Waals surface area contributed by atoms with Crippen molar-refractivity contribution >= 4 is 11.3 Å². The van der Waals surface area contributed by atoms with Gasteiger partial charge in [0.15, 0.2) is 0 Å². The number of nitrogens with zero attached hydrogens (tertiary/aromatic N) is 3. The average Bonchev–Trinajstić information content (AvgIpc) is 2.96. The summed E-state index contributed by atoms with van der Waals surface area (Å²) in [5.41, 5.74) is 0. The quantitative estimate of drug-likeness (QED) is 0.765. The first-order valence-corrected chi connectivity index (χ1v) is 6.88. The van der Waals surface area contributed by atoms with Crippen LogP contribution in [0.25, 0.3) is 0 Å². The van der Waals surface area contributed by atoms with E-state index in [1.807, 2.05) is 16.0 Å². The van der Waals surface area contributed by atoms with Crippen LogP contribution < -0.4 is 5.32 Å². The predicted octanol–water partition coefficient (Wildman–Crippen LogP) is 2.08. The second-order valence-electron chi connectivity index (χ2n) is 3.91. The van der Waals surface area contributed by atoms with Crippen LogP contribution in [0.1, 0.15) is 24.0 Å². The molecule has 0 aromatic carbocycles. The summed E-state index contributed by atoms with van der Waals surface area (Å²) in [7, 11) is 0. The smallest absolute Gasteiger partial charge is 0.140 e. The normalized spacial score (nSPS) is 10.9. The molecular weight excluding hydrogens is 232 g/mol. The number of aromatic nitrogens is 3. The first-order valence-electron chi connectivity index (χ1n) is 6.00. The van der Waals surface area contributed by atoms with Crippen molar-refractivity contribution in [1.29, 1.82) is 0 Å². The van der Waals surface area contributed by atoms with Crippen LogP contribution >= 0.6 is 11.3 Å². The van der Waals surface area contributed by atoms with Crippen LogP contribution in [0.2, 0.25) is 0 Å². The van der Waals surface area contributed by atoms with Gasteiger partial charge in [-0.15, -0.1) is 11.3 Å². The van der Waals surface area contributed by atoms with Gasteiger partial charge in [0.1, 0.15) is 12.2 Å². The summed E-state index contributed by atoms with van der Waals surface area (Å²) >= 11 is 1.81. The Labute approximate surface area is 106 Å². The molecular formula is C12H18N4S. The summed E-state index contributed by atoms with van der Waals surface area (Å²) in [6.45, 7) is 4.88. The molecule has 0 aliphatic rings. The minimum Gasteiger partial charge on any atom is -0.309 e. The zero-order chi connectivity index (χ0) is 11.9. The summed E-state index contributed by atoms with van der Waals surface area (Å²) in [6.07, 6.45) is 3.80. The molecule has 0 spiro atoms. The Morgan fingerprint density at radius 3 is 3.18 bits per heavy atom. The van der Waals surface area contributed by atoms with Crippen molar-refractivity contribution in [3.05, 3.63) is 34.5 Å². The number of nitrogens with one attached hydrogen (secondary N) is 1. The molecule has 0 unspecified atom stereocenters. The van der Waals surface area contributed by atoms with Crippen molar-refractivity contribution in [2.45, 2.75) is 32.9 Å². The summed E-state index contributed by atoms with van der Waals surface area (Å²) in [5.74, 6) is 1.03. The molecule has 0 saturated heterocycles. The van der Waals surface area contributed by atoms with Crippen molar-refractivity contribution in [2.24, 2.45) is 0 Å². The Balaban J connectivity index is 1.72. The van der Waals surface area contributed by atoms with Gasteiger partial charge in [0, 0.05) is 18.0 Å². The van der Waals surface area contributed by atoms with Gasteiger partial charge in [-0.3, -0.25) is 0 Å². The molecule has 0 bridgehead atoms. The Morgan fingerprint density at radius 2 is 2.41 bits per heavy atom. The van der Waals surface area contributed by atoms with Crippen LogP contribution in [0.5, 0.6) is 0 Å². The highest BCUT2D eigenvalue weighted by Gasteiger charge is 2.02. The van der Waals surface area contributed by atoms with Gasteiger partial charge >= 0.3 is 0 Å². The van der Waals surface area contributed by atoms with Gasteiger partial charge in [0.25, 0.3) is 0 Å². The zero-order valence-electron chi connectivity index (χ0n) is 10.1. The van der Waals surface area contributed by atoms with E-state index in [-0.39, 0.29) is 0 Å². The lowest BCUT2D eigenvalue weighted by Gasteiger charge is -2.05. The van der Waals surface area contributed by atoms with E-state index in [9.17, 15) is 0 Å². The molecule has 0 atom stereocenters. The van der Waals surface area contributed by atoms with E-state index in [0.717, 1.165) is 38.3 Å². The Hall–Kier alpha value is -1.20. The minimum absolute atomic E-state index is 0.797. The Kier molecular flexibility index (Phi) is 4.70. The third kappa shape index (κ3) is 3.64. The van der Waals surface area contributed by atoms with E-state index in [0.29, 0.717) is 0 Å². The van der Waals surface area contributed by atoms with E-state index in [1.165, 1.54) is 4.88 Å². The molecule has 5 heteroatoms. The average molecular weight is 250 g/mol. The maximum absolute atomic E-state index is 4.26. The Morgan fingerprint density at radius 1 is 1.47 bits per heavy atom. The lowest BCUT2D eigenvalue weighted by molar-refractivity contribution is 0.543. The monoisotopic (exact) mass is 250 g/mol. The van der Waals surface area contributed by atoms with Crippen LogP contribution in [0, 0.1) is 0 Å². The molecule has 17 heavy (non-hydrogen) atoms. The molecule has 0 aliphatic carbocycles. The fourth-order valence-electron chi connectivity index (χ4n) is 1.69. The van der Waals surface area contributed by atoms with E-state index in [1.54, 1.807) is 6.33 Å². The predicted molar refractivity (Wildman–Crippen MR) is 70.0 cm³/mol. The van der Waals surface area contributed by atoms with Gasteiger partial charge in [-0.1, -0.05) is 13.0 Å². The van der Waals surface area contributed by atoms with E-state index in [4.69, 9.17) is 0 Å². The van der Waals surface area contributed by atoms with Crippen LogP contribution in [-0.2, 0) is 19.5 Å². The molecule has 0 amide bonds. The standard InChI is InChI=1S/C12H18N4S/c1-2-7-16-12(14-10-15-16)9-13-6-5-11-4-3-8-17-11/h3-4,8,10,13H,2,5-7,9H2,1H3. The molecule has 0 fully saturated rings. The van der Waals surface area contributed by atoms with Gasteiger partial charge in [0.05, 0.1) is 6.54 Å². The first-order chi connectivity index (χ1) is 8.40. The van der Waals surface area contributed by atoms with Crippen molar-refractivity contribution in [3.63, 3.8) is 0 Å². The lowest BCUT2D eigenvalue weighted by atomic mass is 10.3. The molecule has 2 rings (SSSR count). The fourth-order valence-corrected chi connectivity index (χ4v) is 2.40. The molecule has 0 aliphatic heterocycles. The fraction of sp³-hybridized carbons (Fsp3) is 0.500. The van der Waals surface area contributed by atoms with Crippen LogP contribution in [0.3, 0.4) is 0 Å². The molecule has 1 N–H and O–H groups in total. The number of aryl methyl sites for hydroxylation is 1.